The van der Waals surface area contributed by atoms with Crippen molar-refractivity contribution in [2.75, 3.05) is 0 Å². The van der Waals surface area contributed by atoms with Gasteiger partial charge in [-0.3, -0.25) is 0 Å². The van der Waals surface area contributed by atoms with Gasteiger partial charge in [-0.1, -0.05) is 23.7 Å². The van der Waals surface area contributed by atoms with Crippen LogP contribution >= 0.6 is 34.2 Å². The van der Waals surface area contributed by atoms with Crippen molar-refractivity contribution in [3.8, 4) is 0 Å². The van der Waals surface area contributed by atoms with Crippen LogP contribution in [-0.4, -0.2) is 6.04 Å². The first-order valence-electron chi connectivity index (χ1n) is 5.11. The third kappa shape index (κ3) is 2.09. The summed E-state index contributed by atoms with van der Waals surface area (Å²) in [6, 6.07) is 3.94. The maximum atomic E-state index is 14.0. The first kappa shape index (κ1) is 13.9. The van der Waals surface area contributed by atoms with E-state index in [1.165, 1.54) is 12.1 Å². The summed E-state index contributed by atoms with van der Waals surface area (Å²) in [5.74, 6) is -2.08. The minimum absolute atomic E-state index is 0.345. The summed E-state index contributed by atoms with van der Waals surface area (Å²) in [6.07, 6.45) is 2.32. The molecule has 1 aliphatic carbocycles. The van der Waals surface area contributed by atoms with Gasteiger partial charge >= 0.3 is 0 Å². The molecule has 1 aliphatic rings. The van der Waals surface area contributed by atoms with E-state index in [4.69, 9.17) is 23.1 Å². The Labute approximate surface area is 122 Å². The standard InChI is InChI=1S/C12H10ClF2IN2/c13-7-5-6(1-3-9(7)16)12(18)10(17)4-2-8(14)11(12)15/h1-5,10H,17-18H2. The summed E-state index contributed by atoms with van der Waals surface area (Å²) in [7, 11) is 0. The van der Waals surface area contributed by atoms with E-state index in [2.05, 4.69) is 0 Å². The van der Waals surface area contributed by atoms with Crippen molar-refractivity contribution >= 4 is 34.2 Å². The van der Waals surface area contributed by atoms with E-state index < -0.39 is 23.2 Å². The van der Waals surface area contributed by atoms with Crippen molar-refractivity contribution in [1.29, 1.82) is 0 Å². The summed E-state index contributed by atoms with van der Waals surface area (Å²) in [4.78, 5) is 0. The monoisotopic (exact) mass is 382 g/mol. The molecular weight excluding hydrogens is 372 g/mol. The molecule has 0 bridgehead atoms. The molecule has 2 unspecified atom stereocenters. The minimum atomic E-state index is -1.72. The van der Waals surface area contributed by atoms with Gasteiger partial charge in [0.1, 0.15) is 5.54 Å². The summed E-state index contributed by atoms with van der Waals surface area (Å²) in [5.41, 5.74) is 10.4. The molecule has 0 saturated carbocycles. The maximum Gasteiger partial charge on any atom is 0.162 e. The fourth-order valence-corrected chi connectivity index (χ4v) is 2.35. The number of hydrogen-bond donors (Lipinski definition) is 2. The number of allylic oxidation sites excluding steroid dienone is 2. The Hall–Kier alpha value is -0.500. The van der Waals surface area contributed by atoms with E-state index in [1.54, 1.807) is 12.1 Å². The average molecular weight is 383 g/mol. The van der Waals surface area contributed by atoms with E-state index in [9.17, 15) is 8.78 Å². The molecule has 2 nitrogen and oxygen atoms in total. The molecule has 2 rings (SSSR count). The predicted octanol–water partition coefficient (Wildman–Crippen LogP) is 3.15. The van der Waals surface area contributed by atoms with Gasteiger partial charge in [-0.25, -0.2) is 8.78 Å². The van der Waals surface area contributed by atoms with Gasteiger partial charge in [0.05, 0.1) is 11.1 Å². The van der Waals surface area contributed by atoms with Gasteiger partial charge < -0.3 is 11.5 Å². The van der Waals surface area contributed by atoms with E-state index >= 15 is 0 Å². The van der Waals surface area contributed by atoms with Crippen LogP contribution in [0.2, 0.25) is 5.02 Å². The average Bonchev–Trinajstić information content (AvgIpc) is 2.35. The van der Waals surface area contributed by atoms with Crippen molar-refractivity contribution in [3.63, 3.8) is 0 Å². The number of benzene rings is 1. The van der Waals surface area contributed by atoms with Crippen molar-refractivity contribution in [1.82, 2.24) is 0 Å². The molecule has 0 radical (unpaired) electrons. The van der Waals surface area contributed by atoms with Gasteiger partial charge in [0, 0.05) is 3.57 Å². The minimum Gasteiger partial charge on any atom is -0.322 e. The quantitative estimate of drug-likeness (QED) is 0.733. The van der Waals surface area contributed by atoms with Crippen LogP contribution in [0, 0.1) is 3.57 Å². The highest BCUT2D eigenvalue weighted by Crippen LogP contribution is 2.38. The Morgan fingerprint density at radius 2 is 2.00 bits per heavy atom. The first-order chi connectivity index (χ1) is 8.37. The van der Waals surface area contributed by atoms with Crippen LogP contribution in [0.15, 0.2) is 42.0 Å². The normalized spacial score (nSPS) is 27.8. The SMILES string of the molecule is NC1C=CC(F)=C(F)C1(N)c1ccc(I)c(Cl)c1. The molecule has 96 valence electrons. The molecule has 0 amide bonds. The lowest BCUT2D eigenvalue weighted by molar-refractivity contribution is 0.345. The predicted molar refractivity (Wildman–Crippen MR) is 76.4 cm³/mol. The van der Waals surface area contributed by atoms with E-state index in [0.29, 0.717) is 10.6 Å². The molecule has 0 aliphatic heterocycles. The largest absolute Gasteiger partial charge is 0.322 e. The lowest BCUT2D eigenvalue weighted by Gasteiger charge is -2.35. The van der Waals surface area contributed by atoms with Crippen molar-refractivity contribution in [2.45, 2.75) is 11.6 Å². The fourth-order valence-electron chi connectivity index (χ4n) is 1.83. The molecule has 18 heavy (non-hydrogen) atoms. The highest BCUT2D eigenvalue weighted by Gasteiger charge is 2.42. The van der Waals surface area contributed by atoms with E-state index in [1.807, 2.05) is 22.6 Å². The number of halogens is 4. The third-order valence-electron chi connectivity index (χ3n) is 2.95. The summed E-state index contributed by atoms with van der Waals surface area (Å²) in [6.45, 7) is 0. The molecule has 2 atom stereocenters. The van der Waals surface area contributed by atoms with Gasteiger partial charge in [0.15, 0.2) is 11.7 Å². The van der Waals surface area contributed by atoms with Gasteiger partial charge in [0.25, 0.3) is 0 Å². The lowest BCUT2D eigenvalue weighted by Crippen LogP contribution is -2.53. The second-order valence-corrected chi connectivity index (χ2v) is 5.61. The molecule has 6 heteroatoms. The number of hydrogen-bond acceptors (Lipinski definition) is 2. The number of rotatable bonds is 1. The van der Waals surface area contributed by atoms with Gasteiger partial charge in [0.2, 0.25) is 0 Å². The zero-order valence-corrected chi connectivity index (χ0v) is 12.0. The van der Waals surface area contributed by atoms with Crippen molar-refractivity contribution < 1.29 is 8.78 Å². The topological polar surface area (TPSA) is 52.0 Å². The molecular formula is C12H10ClF2IN2. The second kappa shape index (κ2) is 4.88. The first-order valence-corrected chi connectivity index (χ1v) is 6.57. The number of nitrogens with two attached hydrogens (primary N) is 2. The molecule has 0 fully saturated rings. The summed E-state index contributed by atoms with van der Waals surface area (Å²) in [5, 5.41) is 0.424. The van der Waals surface area contributed by atoms with Crippen molar-refractivity contribution in [2.24, 2.45) is 11.5 Å². The summed E-state index contributed by atoms with van der Waals surface area (Å²) < 4.78 is 28.2. The lowest BCUT2D eigenvalue weighted by atomic mass is 9.80. The molecule has 0 heterocycles. The van der Waals surface area contributed by atoms with Crippen LogP contribution in [0.3, 0.4) is 0 Å². The van der Waals surface area contributed by atoms with E-state index in [0.717, 1.165) is 9.65 Å². The molecule has 0 spiro atoms. The zero-order valence-electron chi connectivity index (χ0n) is 9.13. The Balaban J connectivity index is 2.60. The van der Waals surface area contributed by atoms with Crippen LogP contribution in [0.5, 0.6) is 0 Å². The van der Waals surface area contributed by atoms with E-state index in [-0.39, 0.29) is 0 Å². The highest BCUT2D eigenvalue weighted by molar-refractivity contribution is 14.1. The van der Waals surface area contributed by atoms with Crippen LogP contribution in [0.4, 0.5) is 8.78 Å². The van der Waals surface area contributed by atoms with Crippen LogP contribution < -0.4 is 11.5 Å². The molecule has 4 N–H and O–H groups in total. The maximum absolute atomic E-state index is 14.0. The van der Waals surface area contributed by atoms with Gasteiger partial charge in [-0.05, 0) is 46.4 Å². The fraction of sp³-hybridized carbons (Fsp3) is 0.167. The van der Waals surface area contributed by atoms with Crippen LogP contribution in [-0.2, 0) is 5.54 Å². The molecule has 0 saturated heterocycles. The Morgan fingerprint density at radius 3 is 2.61 bits per heavy atom. The smallest absolute Gasteiger partial charge is 0.162 e. The Morgan fingerprint density at radius 1 is 1.33 bits per heavy atom. The molecule has 0 aromatic heterocycles. The van der Waals surface area contributed by atoms with Crippen LogP contribution in [0.25, 0.3) is 0 Å². The zero-order chi connectivity index (χ0) is 13.5. The Kier molecular flexibility index (Phi) is 3.77. The second-order valence-electron chi connectivity index (χ2n) is 4.04. The summed E-state index contributed by atoms with van der Waals surface area (Å²) >= 11 is 8.01. The molecule has 1 aromatic rings. The van der Waals surface area contributed by atoms with Gasteiger partial charge in [-0.2, -0.15) is 0 Å². The van der Waals surface area contributed by atoms with Gasteiger partial charge in [-0.15, -0.1) is 0 Å². The highest BCUT2D eigenvalue weighted by atomic mass is 127. The van der Waals surface area contributed by atoms with Crippen molar-refractivity contribution in [3.05, 3.63) is 56.2 Å². The third-order valence-corrected chi connectivity index (χ3v) is 4.52. The molecule has 1 aromatic carbocycles. The van der Waals surface area contributed by atoms with Crippen LogP contribution in [0.1, 0.15) is 5.56 Å². The Bertz CT molecular complexity index is 559.